The highest BCUT2D eigenvalue weighted by Crippen LogP contribution is 2.38. The normalized spacial score (nSPS) is 14.6. The first-order chi connectivity index (χ1) is 17.6. The third-order valence-corrected chi connectivity index (χ3v) is 6.85. The van der Waals surface area contributed by atoms with Gasteiger partial charge in [-0.25, -0.2) is 9.48 Å². The Bertz CT molecular complexity index is 1530. The minimum absolute atomic E-state index is 0.148. The van der Waals surface area contributed by atoms with Gasteiger partial charge in [-0.3, -0.25) is 0 Å². The molecule has 178 valence electrons. The fourth-order valence-corrected chi connectivity index (χ4v) is 5.04. The van der Waals surface area contributed by atoms with Crippen molar-refractivity contribution >= 4 is 11.7 Å². The number of nitrogens with one attached hydrogen (secondary N) is 1. The van der Waals surface area contributed by atoms with Crippen molar-refractivity contribution in [3.8, 4) is 11.5 Å². The molecule has 1 aliphatic heterocycles. The second kappa shape index (κ2) is 8.89. The molecule has 1 atom stereocenters. The molecule has 0 aliphatic carbocycles. The van der Waals surface area contributed by atoms with Gasteiger partial charge in [-0.2, -0.15) is 5.10 Å². The van der Waals surface area contributed by atoms with Crippen LogP contribution in [0.1, 0.15) is 34.1 Å². The van der Waals surface area contributed by atoms with Gasteiger partial charge in [-0.05, 0) is 55.3 Å². The highest BCUT2D eigenvalue weighted by atomic mass is 16.2. The van der Waals surface area contributed by atoms with Crippen molar-refractivity contribution in [1.82, 2.24) is 19.2 Å². The number of rotatable bonds is 3. The van der Waals surface area contributed by atoms with E-state index in [1.165, 1.54) is 0 Å². The predicted octanol–water partition coefficient (Wildman–Crippen LogP) is 6.42. The van der Waals surface area contributed by atoms with Crippen LogP contribution >= 0.6 is 0 Å². The van der Waals surface area contributed by atoms with E-state index in [0.29, 0.717) is 6.54 Å². The minimum Gasteiger partial charge on any atom is -0.308 e. The molecule has 0 fully saturated rings. The average Bonchev–Trinajstić information content (AvgIpc) is 3.47. The minimum atomic E-state index is -0.277. The SMILES string of the molecule is Cc1ccccc1NC(=O)N1Cc2c(C)nn(-c3ccccc3)c2-n2cccc2[C@H]1c1ccccc1. The van der Waals surface area contributed by atoms with Gasteiger partial charge in [0.05, 0.1) is 29.7 Å². The van der Waals surface area contributed by atoms with Crippen molar-refractivity contribution in [2.24, 2.45) is 0 Å². The number of hydrogen-bond acceptors (Lipinski definition) is 2. The maximum absolute atomic E-state index is 14.0. The van der Waals surface area contributed by atoms with E-state index in [1.807, 2.05) is 90.2 Å². The van der Waals surface area contributed by atoms with Crippen LogP contribution in [0.3, 0.4) is 0 Å². The first-order valence-corrected chi connectivity index (χ1v) is 12.1. The highest BCUT2D eigenvalue weighted by molar-refractivity contribution is 5.91. The number of para-hydroxylation sites is 2. The lowest BCUT2D eigenvalue weighted by molar-refractivity contribution is 0.194. The number of carbonyl (C=O) groups excluding carboxylic acids is 1. The molecule has 0 unspecified atom stereocenters. The maximum atomic E-state index is 14.0. The third kappa shape index (κ3) is 3.67. The fourth-order valence-electron chi connectivity index (χ4n) is 5.04. The van der Waals surface area contributed by atoms with Gasteiger partial charge in [0.1, 0.15) is 5.82 Å². The fraction of sp³-hybridized carbons (Fsp3) is 0.133. The second-order valence-corrected chi connectivity index (χ2v) is 9.12. The lowest BCUT2D eigenvalue weighted by Gasteiger charge is -2.31. The van der Waals surface area contributed by atoms with Crippen LogP contribution in [0.2, 0.25) is 0 Å². The molecular formula is C30H27N5O. The van der Waals surface area contributed by atoms with Crippen LogP contribution in [-0.2, 0) is 6.54 Å². The zero-order valence-electron chi connectivity index (χ0n) is 20.3. The summed E-state index contributed by atoms with van der Waals surface area (Å²) in [5, 5.41) is 8.08. The Labute approximate surface area is 210 Å². The van der Waals surface area contributed by atoms with Crippen molar-refractivity contribution in [3.63, 3.8) is 0 Å². The molecule has 5 aromatic rings. The molecule has 2 amide bonds. The highest BCUT2D eigenvalue weighted by Gasteiger charge is 2.36. The Morgan fingerprint density at radius 3 is 2.31 bits per heavy atom. The molecule has 0 spiro atoms. The van der Waals surface area contributed by atoms with Gasteiger partial charge in [-0.1, -0.05) is 66.7 Å². The van der Waals surface area contributed by atoms with Crippen LogP contribution in [0.25, 0.3) is 11.5 Å². The molecule has 3 aromatic carbocycles. The summed E-state index contributed by atoms with van der Waals surface area (Å²) in [6.45, 7) is 4.44. The second-order valence-electron chi connectivity index (χ2n) is 9.12. The molecule has 0 radical (unpaired) electrons. The number of benzene rings is 3. The molecule has 0 bridgehead atoms. The molecule has 36 heavy (non-hydrogen) atoms. The molecular weight excluding hydrogens is 446 g/mol. The molecule has 2 aromatic heterocycles. The topological polar surface area (TPSA) is 55.1 Å². The van der Waals surface area contributed by atoms with Crippen LogP contribution in [0.15, 0.2) is 103 Å². The number of nitrogens with zero attached hydrogens (tertiary/aromatic N) is 4. The largest absolute Gasteiger partial charge is 0.322 e. The van der Waals surface area contributed by atoms with E-state index in [2.05, 4.69) is 46.4 Å². The van der Waals surface area contributed by atoms with Crippen LogP contribution in [-0.4, -0.2) is 25.3 Å². The summed E-state index contributed by atoms with van der Waals surface area (Å²) in [7, 11) is 0. The molecule has 0 saturated carbocycles. The molecule has 6 heteroatoms. The lowest BCUT2D eigenvalue weighted by Crippen LogP contribution is -2.38. The standard InChI is InChI=1S/C30H27N5O/c1-21-12-9-10-17-26(21)31-30(36)34-20-25-22(2)32-35(24-15-7-4-8-16-24)29(25)33-19-11-18-27(33)28(34)23-13-5-3-6-14-23/h3-19,28H,20H2,1-2H3,(H,31,36)/t28-/m1/s1. The number of aryl methyl sites for hydroxylation is 2. The Balaban J connectivity index is 1.54. The van der Waals surface area contributed by atoms with Gasteiger partial charge in [0.2, 0.25) is 0 Å². The summed E-state index contributed by atoms with van der Waals surface area (Å²) in [5.41, 5.74) is 6.80. The zero-order valence-corrected chi connectivity index (χ0v) is 20.3. The number of anilines is 1. The molecule has 3 heterocycles. The van der Waals surface area contributed by atoms with Crippen LogP contribution < -0.4 is 5.32 Å². The monoisotopic (exact) mass is 473 g/mol. The van der Waals surface area contributed by atoms with E-state index >= 15 is 0 Å². The number of carbonyl (C=O) groups is 1. The smallest absolute Gasteiger partial charge is 0.308 e. The third-order valence-electron chi connectivity index (χ3n) is 6.85. The number of fused-ring (bicyclic) bond motifs is 3. The van der Waals surface area contributed by atoms with E-state index in [4.69, 9.17) is 5.10 Å². The molecule has 0 saturated heterocycles. The summed E-state index contributed by atoms with van der Waals surface area (Å²) >= 11 is 0. The quantitative estimate of drug-likeness (QED) is 0.329. The van der Waals surface area contributed by atoms with Crippen molar-refractivity contribution < 1.29 is 4.79 Å². The Morgan fingerprint density at radius 1 is 0.861 bits per heavy atom. The van der Waals surface area contributed by atoms with Crippen molar-refractivity contribution in [2.75, 3.05) is 5.32 Å². The number of amides is 2. The van der Waals surface area contributed by atoms with Gasteiger partial charge in [0.15, 0.2) is 0 Å². The zero-order chi connectivity index (χ0) is 24.6. The van der Waals surface area contributed by atoms with Gasteiger partial charge < -0.3 is 14.8 Å². The molecule has 1 aliphatic rings. The average molecular weight is 474 g/mol. The van der Waals surface area contributed by atoms with Gasteiger partial charge in [0, 0.05) is 17.4 Å². The summed E-state index contributed by atoms with van der Waals surface area (Å²) in [6.07, 6.45) is 2.06. The number of urea groups is 1. The molecule has 6 rings (SSSR count). The van der Waals surface area contributed by atoms with Gasteiger partial charge in [-0.15, -0.1) is 0 Å². The Kier molecular flexibility index (Phi) is 5.41. The van der Waals surface area contributed by atoms with Gasteiger partial charge >= 0.3 is 6.03 Å². The van der Waals surface area contributed by atoms with Crippen molar-refractivity contribution in [3.05, 3.63) is 131 Å². The summed E-state index contributed by atoms with van der Waals surface area (Å²) in [4.78, 5) is 15.9. The summed E-state index contributed by atoms with van der Waals surface area (Å²) in [5.74, 6) is 0.964. The summed E-state index contributed by atoms with van der Waals surface area (Å²) < 4.78 is 4.17. The van der Waals surface area contributed by atoms with Gasteiger partial charge in [0.25, 0.3) is 0 Å². The van der Waals surface area contributed by atoms with E-state index in [1.54, 1.807) is 0 Å². The summed E-state index contributed by atoms with van der Waals surface area (Å²) in [6, 6.07) is 31.9. The van der Waals surface area contributed by atoms with E-state index in [0.717, 1.165) is 45.3 Å². The molecule has 1 N–H and O–H groups in total. The van der Waals surface area contributed by atoms with Crippen LogP contribution in [0.5, 0.6) is 0 Å². The van der Waals surface area contributed by atoms with E-state index < -0.39 is 0 Å². The Morgan fingerprint density at radius 2 is 1.56 bits per heavy atom. The first-order valence-electron chi connectivity index (χ1n) is 12.1. The maximum Gasteiger partial charge on any atom is 0.322 e. The Hall–Kier alpha value is -4.58. The first kappa shape index (κ1) is 21.9. The van der Waals surface area contributed by atoms with Crippen molar-refractivity contribution in [2.45, 2.75) is 26.4 Å². The van der Waals surface area contributed by atoms with E-state index in [-0.39, 0.29) is 12.1 Å². The number of aromatic nitrogens is 3. The molecule has 6 nitrogen and oxygen atoms in total. The van der Waals surface area contributed by atoms with Crippen molar-refractivity contribution in [1.29, 1.82) is 0 Å². The number of hydrogen-bond donors (Lipinski definition) is 1. The predicted molar refractivity (Wildman–Crippen MR) is 142 cm³/mol. The van der Waals surface area contributed by atoms with Crippen LogP contribution in [0, 0.1) is 13.8 Å². The lowest BCUT2D eigenvalue weighted by atomic mass is 10.0. The van der Waals surface area contributed by atoms with E-state index in [9.17, 15) is 4.79 Å². The van der Waals surface area contributed by atoms with Crippen LogP contribution in [0.4, 0.5) is 10.5 Å².